The average Bonchev–Trinajstić information content (AvgIpc) is 1.98. The standard InChI is InChI=1S/C12H20O2/c1-10-4-8-3-9(5-10)7-12(14,6-8)11(10,2)13/h8-9,13-14H,3-7H2,1-2H3. The summed E-state index contributed by atoms with van der Waals surface area (Å²) in [6.45, 7) is 4.01. The third-order valence-electron chi connectivity index (χ3n) is 5.48. The Bertz CT molecular complexity index is 244. The normalized spacial score (nSPS) is 66.0. The topological polar surface area (TPSA) is 40.5 Å². The molecule has 4 fully saturated rings. The molecule has 0 aromatic carbocycles. The lowest BCUT2D eigenvalue weighted by atomic mass is 9.42. The van der Waals surface area contributed by atoms with Crippen LogP contribution in [-0.4, -0.2) is 21.4 Å². The number of hydrogen-bond acceptors (Lipinski definition) is 2. The molecule has 3 unspecified atom stereocenters. The van der Waals surface area contributed by atoms with Crippen LogP contribution in [0.25, 0.3) is 0 Å². The zero-order valence-corrected chi connectivity index (χ0v) is 9.08. The van der Waals surface area contributed by atoms with Crippen molar-refractivity contribution in [3.8, 4) is 0 Å². The fourth-order valence-corrected chi connectivity index (χ4v) is 4.70. The molecule has 0 radical (unpaired) electrons. The number of hydrogen-bond donors (Lipinski definition) is 2. The lowest BCUT2D eigenvalue weighted by Crippen LogP contribution is -2.71. The van der Waals surface area contributed by atoms with Crippen molar-refractivity contribution in [2.45, 2.75) is 57.2 Å². The largest absolute Gasteiger partial charge is 0.387 e. The van der Waals surface area contributed by atoms with Crippen molar-refractivity contribution < 1.29 is 10.2 Å². The third kappa shape index (κ3) is 0.809. The Morgan fingerprint density at radius 2 is 1.43 bits per heavy atom. The molecule has 0 aromatic rings. The van der Waals surface area contributed by atoms with Crippen LogP contribution in [0.2, 0.25) is 0 Å². The second-order valence-electron chi connectivity index (χ2n) is 6.45. The highest BCUT2D eigenvalue weighted by molar-refractivity contribution is 5.18. The van der Waals surface area contributed by atoms with Crippen LogP contribution in [0.15, 0.2) is 0 Å². The third-order valence-corrected chi connectivity index (χ3v) is 5.48. The van der Waals surface area contributed by atoms with Gasteiger partial charge in [-0.2, -0.15) is 0 Å². The van der Waals surface area contributed by atoms with Crippen LogP contribution in [-0.2, 0) is 0 Å². The molecule has 14 heavy (non-hydrogen) atoms. The quantitative estimate of drug-likeness (QED) is 0.619. The summed E-state index contributed by atoms with van der Waals surface area (Å²) in [4.78, 5) is 0. The summed E-state index contributed by atoms with van der Waals surface area (Å²) in [6.07, 6.45) is 5.16. The van der Waals surface area contributed by atoms with E-state index in [9.17, 15) is 10.2 Å². The molecule has 0 spiro atoms. The molecule has 3 atom stereocenters. The van der Waals surface area contributed by atoms with Gasteiger partial charge >= 0.3 is 0 Å². The molecule has 0 saturated heterocycles. The average molecular weight is 196 g/mol. The molecule has 0 amide bonds. The number of rotatable bonds is 0. The first-order chi connectivity index (χ1) is 6.36. The van der Waals surface area contributed by atoms with Gasteiger partial charge in [-0.15, -0.1) is 0 Å². The molecule has 4 saturated carbocycles. The Morgan fingerprint density at radius 3 is 1.86 bits per heavy atom. The van der Waals surface area contributed by atoms with Crippen molar-refractivity contribution in [3.63, 3.8) is 0 Å². The van der Waals surface area contributed by atoms with Gasteiger partial charge in [-0.1, -0.05) is 6.92 Å². The van der Waals surface area contributed by atoms with Crippen LogP contribution >= 0.6 is 0 Å². The molecular formula is C12H20O2. The summed E-state index contributed by atoms with van der Waals surface area (Å²) in [5, 5.41) is 21.1. The van der Waals surface area contributed by atoms with E-state index < -0.39 is 11.2 Å². The van der Waals surface area contributed by atoms with E-state index in [1.807, 2.05) is 6.92 Å². The van der Waals surface area contributed by atoms with Crippen LogP contribution < -0.4 is 0 Å². The van der Waals surface area contributed by atoms with Gasteiger partial charge in [0.25, 0.3) is 0 Å². The fourth-order valence-electron chi connectivity index (χ4n) is 4.70. The van der Waals surface area contributed by atoms with Gasteiger partial charge in [0.2, 0.25) is 0 Å². The lowest BCUT2D eigenvalue weighted by Gasteiger charge is -2.67. The summed E-state index contributed by atoms with van der Waals surface area (Å²) < 4.78 is 0. The highest BCUT2D eigenvalue weighted by Crippen LogP contribution is 2.65. The van der Waals surface area contributed by atoms with Crippen LogP contribution in [0.3, 0.4) is 0 Å². The van der Waals surface area contributed by atoms with E-state index in [0.29, 0.717) is 11.8 Å². The molecule has 0 aliphatic heterocycles. The Labute approximate surface area is 85.3 Å². The van der Waals surface area contributed by atoms with Gasteiger partial charge in [-0.3, -0.25) is 0 Å². The van der Waals surface area contributed by atoms with Gasteiger partial charge in [0, 0.05) is 0 Å². The second kappa shape index (κ2) is 2.19. The van der Waals surface area contributed by atoms with Gasteiger partial charge in [0.15, 0.2) is 0 Å². The van der Waals surface area contributed by atoms with E-state index in [0.717, 1.165) is 25.7 Å². The molecule has 2 heteroatoms. The van der Waals surface area contributed by atoms with Gasteiger partial charge in [-0.05, 0) is 56.3 Å². The van der Waals surface area contributed by atoms with Gasteiger partial charge in [0.05, 0.1) is 11.2 Å². The predicted molar refractivity (Wildman–Crippen MR) is 53.7 cm³/mol. The van der Waals surface area contributed by atoms with Crippen molar-refractivity contribution in [3.05, 3.63) is 0 Å². The first-order valence-corrected chi connectivity index (χ1v) is 5.81. The maximum atomic E-state index is 10.6. The Morgan fingerprint density at radius 1 is 0.929 bits per heavy atom. The zero-order chi connectivity index (χ0) is 10.2. The first-order valence-electron chi connectivity index (χ1n) is 5.81. The minimum absolute atomic E-state index is 0.0359. The van der Waals surface area contributed by atoms with Crippen molar-refractivity contribution in [2.75, 3.05) is 0 Å². The van der Waals surface area contributed by atoms with E-state index in [4.69, 9.17) is 0 Å². The van der Waals surface area contributed by atoms with Gasteiger partial charge in [0.1, 0.15) is 0 Å². The molecule has 2 nitrogen and oxygen atoms in total. The predicted octanol–water partition coefficient (Wildman–Crippen LogP) is 1.70. The number of aliphatic hydroxyl groups is 2. The monoisotopic (exact) mass is 196 g/mol. The highest BCUT2D eigenvalue weighted by atomic mass is 16.4. The van der Waals surface area contributed by atoms with Crippen LogP contribution in [0, 0.1) is 17.3 Å². The van der Waals surface area contributed by atoms with Crippen molar-refractivity contribution >= 4 is 0 Å². The maximum Gasteiger partial charge on any atom is 0.0958 e. The van der Waals surface area contributed by atoms with E-state index in [1.54, 1.807) is 0 Å². The highest BCUT2D eigenvalue weighted by Gasteiger charge is 2.67. The fraction of sp³-hybridized carbons (Fsp3) is 1.00. The summed E-state index contributed by atoms with van der Waals surface area (Å²) >= 11 is 0. The first kappa shape index (κ1) is 9.17. The molecular weight excluding hydrogens is 176 g/mol. The summed E-state index contributed by atoms with van der Waals surface area (Å²) in [6, 6.07) is 0. The molecule has 0 aromatic heterocycles. The van der Waals surface area contributed by atoms with Crippen LogP contribution in [0.4, 0.5) is 0 Å². The molecule has 4 bridgehead atoms. The SMILES string of the molecule is CC12CC3CC(C1)CC(O)(C3)C2(C)O. The molecule has 4 aliphatic carbocycles. The molecule has 4 aliphatic rings. The van der Waals surface area contributed by atoms with E-state index in [-0.39, 0.29) is 5.41 Å². The summed E-state index contributed by atoms with van der Waals surface area (Å²) in [5.41, 5.74) is -1.69. The molecule has 4 rings (SSSR count). The van der Waals surface area contributed by atoms with Gasteiger partial charge < -0.3 is 10.2 Å². The van der Waals surface area contributed by atoms with E-state index in [1.165, 1.54) is 6.42 Å². The lowest BCUT2D eigenvalue weighted by molar-refractivity contribution is -0.292. The minimum Gasteiger partial charge on any atom is -0.387 e. The molecule has 2 N–H and O–H groups in total. The maximum absolute atomic E-state index is 10.6. The smallest absolute Gasteiger partial charge is 0.0958 e. The Hall–Kier alpha value is -0.0800. The Balaban J connectivity index is 2.10. The van der Waals surface area contributed by atoms with Crippen molar-refractivity contribution in [1.29, 1.82) is 0 Å². The molecule has 80 valence electrons. The zero-order valence-electron chi connectivity index (χ0n) is 9.08. The van der Waals surface area contributed by atoms with Gasteiger partial charge in [-0.25, -0.2) is 0 Å². The second-order valence-corrected chi connectivity index (χ2v) is 6.45. The summed E-state index contributed by atoms with van der Waals surface area (Å²) in [7, 11) is 0. The molecule has 0 heterocycles. The van der Waals surface area contributed by atoms with E-state index in [2.05, 4.69) is 6.92 Å². The van der Waals surface area contributed by atoms with Crippen LogP contribution in [0.1, 0.15) is 46.0 Å². The Kier molecular flexibility index (Phi) is 1.44. The van der Waals surface area contributed by atoms with Crippen molar-refractivity contribution in [2.24, 2.45) is 17.3 Å². The minimum atomic E-state index is -0.868. The summed E-state index contributed by atoms with van der Waals surface area (Å²) in [5.74, 6) is 1.33. The van der Waals surface area contributed by atoms with E-state index >= 15 is 0 Å². The van der Waals surface area contributed by atoms with Crippen LogP contribution in [0.5, 0.6) is 0 Å². The van der Waals surface area contributed by atoms with Crippen molar-refractivity contribution in [1.82, 2.24) is 0 Å².